The van der Waals surface area contributed by atoms with Crippen LogP contribution in [0.1, 0.15) is 18.9 Å². The Bertz CT molecular complexity index is 1080. The van der Waals surface area contributed by atoms with E-state index >= 15 is 4.39 Å². The summed E-state index contributed by atoms with van der Waals surface area (Å²) in [5.74, 6) is -5.92. The van der Waals surface area contributed by atoms with E-state index in [0.29, 0.717) is 12.8 Å². The van der Waals surface area contributed by atoms with Gasteiger partial charge in [0.1, 0.15) is 11.2 Å². The Balaban J connectivity index is 2.06. The molecule has 0 radical (unpaired) electrons. The molecule has 4 rings (SSSR count). The van der Waals surface area contributed by atoms with Crippen LogP contribution in [-0.4, -0.2) is 47.4 Å². The smallest absolute Gasteiger partial charge is 0.329 e. The SMILES string of the molecule is COc1c(N2CC(CO)C(F)(F)C2)c(F)c(N)c2c(=O)[nH]c(=O)n(C3CC3)c12. The zero-order valence-corrected chi connectivity index (χ0v) is 15.0. The first kappa shape index (κ1) is 18.7. The Morgan fingerprint density at radius 3 is 2.57 bits per heavy atom. The van der Waals surface area contributed by atoms with E-state index in [0.717, 1.165) is 4.90 Å². The average Bonchev–Trinajstić information content (AvgIpc) is 3.40. The normalized spacial score (nSPS) is 21.5. The molecule has 4 N–H and O–H groups in total. The molecule has 2 heterocycles. The highest BCUT2D eigenvalue weighted by atomic mass is 19.3. The van der Waals surface area contributed by atoms with Crippen molar-refractivity contribution in [2.75, 3.05) is 37.4 Å². The third-order valence-electron chi connectivity index (χ3n) is 5.38. The number of nitrogens with one attached hydrogen (secondary N) is 1. The minimum absolute atomic E-state index is 0.0107. The summed E-state index contributed by atoms with van der Waals surface area (Å²) >= 11 is 0. The Morgan fingerprint density at radius 1 is 1.36 bits per heavy atom. The van der Waals surface area contributed by atoms with E-state index in [1.54, 1.807) is 0 Å². The van der Waals surface area contributed by atoms with E-state index in [9.17, 15) is 23.5 Å². The summed E-state index contributed by atoms with van der Waals surface area (Å²) in [6.45, 7) is -1.96. The maximum atomic E-state index is 15.1. The number of ether oxygens (including phenoxy) is 1. The molecule has 11 heteroatoms. The standard InChI is InChI=1S/C17H19F3N4O4/c1-28-14-12-9(15(26)22-16(27)24(12)8-2-3-8)11(21)10(18)13(14)23-4-7(5-25)17(19,20)6-23/h7-8,25H,2-6,21H2,1H3,(H,22,26,27). The van der Waals surface area contributed by atoms with E-state index in [-0.39, 0.29) is 34.9 Å². The molecule has 1 aliphatic carbocycles. The van der Waals surface area contributed by atoms with Crippen LogP contribution in [0.5, 0.6) is 5.75 Å². The van der Waals surface area contributed by atoms with Crippen molar-refractivity contribution in [3.05, 3.63) is 26.7 Å². The van der Waals surface area contributed by atoms with Crippen molar-refractivity contribution in [3.63, 3.8) is 0 Å². The first-order valence-corrected chi connectivity index (χ1v) is 8.78. The molecule has 1 saturated carbocycles. The second kappa shape index (κ2) is 6.16. The van der Waals surface area contributed by atoms with E-state index in [2.05, 4.69) is 4.98 Å². The van der Waals surface area contributed by atoms with Crippen LogP contribution >= 0.6 is 0 Å². The lowest BCUT2D eigenvalue weighted by Gasteiger charge is -2.25. The summed E-state index contributed by atoms with van der Waals surface area (Å²) < 4.78 is 50.1. The largest absolute Gasteiger partial charge is 0.492 e. The molecule has 1 atom stereocenters. The first-order chi connectivity index (χ1) is 13.2. The lowest BCUT2D eigenvalue weighted by atomic mass is 10.1. The van der Waals surface area contributed by atoms with Crippen molar-refractivity contribution in [3.8, 4) is 5.75 Å². The second-order valence-electron chi connectivity index (χ2n) is 7.21. The molecule has 2 aromatic rings. The van der Waals surface area contributed by atoms with Crippen LogP contribution < -0.4 is 26.6 Å². The molecule has 0 spiro atoms. The van der Waals surface area contributed by atoms with Crippen LogP contribution in [0.15, 0.2) is 9.59 Å². The van der Waals surface area contributed by atoms with Crippen LogP contribution in [0.25, 0.3) is 10.9 Å². The fourth-order valence-electron chi connectivity index (χ4n) is 3.84. The molecule has 2 fully saturated rings. The fourth-order valence-corrected chi connectivity index (χ4v) is 3.84. The number of nitrogen functional groups attached to an aromatic ring is 1. The number of hydrogen-bond acceptors (Lipinski definition) is 6. The number of aliphatic hydroxyl groups excluding tert-OH is 1. The highest BCUT2D eigenvalue weighted by Gasteiger charge is 2.49. The van der Waals surface area contributed by atoms with Crippen LogP contribution in [0.4, 0.5) is 24.5 Å². The predicted molar refractivity (Wildman–Crippen MR) is 95.8 cm³/mol. The maximum Gasteiger partial charge on any atom is 0.329 e. The van der Waals surface area contributed by atoms with Gasteiger partial charge in [-0.1, -0.05) is 0 Å². The molecule has 1 aliphatic heterocycles. The van der Waals surface area contributed by atoms with Gasteiger partial charge in [0.15, 0.2) is 11.6 Å². The molecule has 1 aromatic heterocycles. The van der Waals surface area contributed by atoms with Gasteiger partial charge < -0.3 is 20.5 Å². The van der Waals surface area contributed by atoms with E-state index < -0.39 is 47.7 Å². The Labute approximate surface area is 156 Å². The van der Waals surface area contributed by atoms with Crippen LogP contribution in [0, 0.1) is 11.7 Å². The summed E-state index contributed by atoms with van der Waals surface area (Å²) in [4.78, 5) is 27.9. The molecule has 0 amide bonds. The van der Waals surface area contributed by atoms with E-state index in [1.165, 1.54) is 11.7 Å². The zero-order valence-electron chi connectivity index (χ0n) is 15.0. The van der Waals surface area contributed by atoms with Gasteiger partial charge in [-0.05, 0) is 12.8 Å². The number of fused-ring (bicyclic) bond motifs is 1. The number of aromatic nitrogens is 2. The molecule has 1 aromatic carbocycles. The molecule has 8 nitrogen and oxygen atoms in total. The van der Waals surface area contributed by atoms with Gasteiger partial charge in [0.2, 0.25) is 0 Å². The minimum atomic E-state index is -3.25. The van der Waals surface area contributed by atoms with Gasteiger partial charge in [0, 0.05) is 12.6 Å². The van der Waals surface area contributed by atoms with Crippen LogP contribution in [0.3, 0.4) is 0 Å². The third-order valence-corrected chi connectivity index (χ3v) is 5.38. The summed E-state index contributed by atoms with van der Waals surface area (Å²) in [6, 6.07) is -0.219. The Kier molecular flexibility index (Phi) is 4.11. The summed E-state index contributed by atoms with van der Waals surface area (Å²) in [6.07, 6.45) is 1.34. The number of nitrogens with zero attached hydrogens (tertiary/aromatic N) is 2. The predicted octanol–water partition coefficient (Wildman–Crippen LogP) is 0.818. The van der Waals surface area contributed by atoms with Crippen molar-refractivity contribution in [2.24, 2.45) is 5.92 Å². The van der Waals surface area contributed by atoms with Gasteiger partial charge >= 0.3 is 5.69 Å². The Morgan fingerprint density at radius 2 is 2.04 bits per heavy atom. The number of methoxy groups -OCH3 is 1. The van der Waals surface area contributed by atoms with Gasteiger partial charge in [-0.2, -0.15) is 0 Å². The minimum Gasteiger partial charge on any atom is -0.492 e. The third kappa shape index (κ3) is 2.56. The first-order valence-electron chi connectivity index (χ1n) is 8.78. The number of rotatable bonds is 4. The number of hydrogen-bond donors (Lipinski definition) is 3. The van der Waals surface area contributed by atoms with E-state index in [4.69, 9.17) is 10.5 Å². The number of halogens is 3. The zero-order chi connectivity index (χ0) is 20.4. The average molecular weight is 400 g/mol. The fraction of sp³-hybridized carbons (Fsp3) is 0.529. The molecule has 1 unspecified atom stereocenters. The molecule has 1 saturated heterocycles. The summed E-state index contributed by atoms with van der Waals surface area (Å²) in [7, 11) is 1.20. The second-order valence-corrected chi connectivity index (χ2v) is 7.21. The highest BCUT2D eigenvalue weighted by Crippen LogP contribution is 2.47. The van der Waals surface area contributed by atoms with Crippen molar-refractivity contribution in [1.29, 1.82) is 0 Å². The number of aliphatic hydroxyl groups is 1. The number of benzene rings is 1. The van der Waals surface area contributed by atoms with Gasteiger partial charge in [-0.15, -0.1) is 0 Å². The summed E-state index contributed by atoms with van der Waals surface area (Å²) in [5, 5.41) is 8.98. The summed E-state index contributed by atoms with van der Waals surface area (Å²) in [5.41, 5.74) is 3.38. The quantitative estimate of drug-likeness (QED) is 0.655. The lowest BCUT2D eigenvalue weighted by Crippen LogP contribution is -2.32. The lowest BCUT2D eigenvalue weighted by molar-refractivity contribution is -0.0391. The van der Waals surface area contributed by atoms with Gasteiger partial charge in [-0.25, -0.2) is 18.0 Å². The van der Waals surface area contributed by atoms with Gasteiger partial charge in [0.25, 0.3) is 11.5 Å². The van der Waals surface area contributed by atoms with Crippen molar-refractivity contribution >= 4 is 22.3 Å². The van der Waals surface area contributed by atoms with Crippen LogP contribution in [0.2, 0.25) is 0 Å². The monoisotopic (exact) mass is 400 g/mol. The molecule has 152 valence electrons. The number of nitrogens with two attached hydrogens (primary N) is 1. The van der Waals surface area contributed by atoms with Crippen molar-refractivity contribution in [2.45, 2.75) is 24.8 Å². The van der Waals surface area contributed by atoms with Crippen molar-refractivity contribution in [1.82, 2.24) is 9.55 Å². The molecule has 28 heavy (non-hydrogen) atoms. The highest BCUT2D eigenvalue weighted by molar-refractivity contribution is 5.99. The number of aromatic amines is 1. The number of H-pyrrole nitrogens is 1. The Hall–Kier alpha value is -2.69. The molecular formula is C17H19F3N4O4. The maximum absolute atomic E-state index is 15.1. The number of anilines is 2. The van der Waals surface area contributed by atoms with Gasteiger partial charge in [0.05, 0.1) is 37.3 Å². The van der Waals surface area contributed by atoms with Crippen LogP contribution in [-0.2, 0) is 0 Å². The van der Waals surface area contributed by atoms with Gasteiger partial charge in [-0.3, -0.25) is 14.3 Å². The molecule has 2 aliphatic rings. The molecular weight excluding hydrogens is 381 g/mol. The van der Waals surface area contributed by atoms with E-state index in [1.807, 2.05) is 0 Å². The molecule has 0 bridgehead atoms. The topological polar surface area (TPSA) is 114 Å². The van der Waals surface area contributed by atoms with Crippen molar-refractivity contribution < 1.29 is 23.0 Å². The number of alkyl halides is 2.